The monoisotopic (exact) mass is 561 g/mol. The quantitative estimate of drug-likeness (QED) is 0.292. The Hall–Kier alpha value is -4.63. The summed E-state index contributed by atoms with van der Waals surface area (Å²) < 4.78 is 1.73. The van der Waals surface area contributed by atoms with Crippen molar-refractivity contribution < 1.29 is 9.59 Å². The molecule has 0 radical (unpaired) electrons. The van der Waals surface area contributed by atoms with Crippen LogP contribution in [0.2, 0.25) is 0 Å². The minimum absolute atomic E-state index is 0.0324. The van der Waals surface area contributed by atoms with Gasteiger partial charge in [0.25, 0.3) is 0 Å². The number of ketones is 1. The standard InChI is InChI=1S/C33H35N7O2/c1-38-30-15-10-24(20-29(30)36-37-38)11-16-32(41)31-22-39(26-12-14-28-25(21-26)8-5-17-35-28)18-19-40(31)33(42)27(34)13-9-23-6-3-2-4-7-23/h2-8,10,12,14-15,17,20-21,27,31H,9,11,13,16,18-19,22,34H2,1H3/t27-,31+/m1/s1. The van der Waals surface area contributed by atoms with E-state index in [0.29, 0.717) is 45.3 Å². The molecule has 2 N–H and O–H groups in total. The molecular weight excluding hydrogens is 526 g/mol. The van der Waals surface area contributed by atoms with Crippen LogP contribution in [0.1, 0.15) is 24.0 Å². The van der Waals surface area contributed by atoms with Crippen LogP contribution in [0.25, 0.3) is 21.9 Å². The number of nitrogens with zero attached hydrogens (tertiary/aromatic N) is 6. The number of carbonyl (C=O) groups is 2. The molecule has 1 saturated heterocycles. The van der Waals surface area contributed by atoms with E-state index in [-0.39, 0.29) is 11.7 Å². The number of piperazine rings is 1. The van der Waals surface area contributed by atoms with Crippen LogP contribution in [0.4, 0.5) is 5.69 Å². The molecule has 1 fully saturated rings. The Kier molecular flexibility index (Phi) is 7.92. The highest BCUT2D eigenvalue weighted by Gasteiger charge is 2.36. The largest absolute Gasteiger partial charge is 0.367 e. The second kappa shape index (κ2) is 12.1. The van der Waals surface area contributed by atoms with Crippen molar-refractivity contribution in [3.05, 3.63) is 96.2 Å². The van der Waals surface area contributed by atoms with Gasteiger partial charge in [0.1, 0.15) is 11.6 Å². The molecular formula is C33H35N7O2. The first-order valence-corrected chi connectivity index (χ1v) is 14.5. The van der Waals surface area contributed by atoms with Crippen molar-refractivity contribution >= 4 is 39.3 Å². The molecule has 0 saturated carbocycles. The van der Waals surface area contributed by atoms with Crippen molar-refractivity contribution in [2.45, 2.75) is 37.8 Å². The van der Waals surface area contributed by atoms with Crippen LogP contribution in [0.15, 0.2) is 85.1 Å². The molecule has 0 aliphatic carbocycles. The fourth-order valence-corrected chi connectivity index (χ4v) is 5.80. The first kappa shape index (κ1) is 27.5. The maximum absolute atomic E-state index is 13.8. The van der Waals surface area contributed by atoms with Gasteiger partial charge in [-0.25, -0.2) is 4.68 Å². The molecule has 42 heavy (non-hydrogen) atoms. The lowest BCUT2D eigenvalue weighted by Gasteiger charge is -2.42. The van der Waals surface area contributed by atoms with Gasteiger partial charge < -0.3 is 15.5 Å². The van der Waals surface area contributed by atoms with E-state index in [1.54, 1.807) is 15.8 Å². The molecule has 0 bridgehead atoms. The highest BCUT2D eigenvalue weighted by atomic mass is 16.2. The van der Waals surface area contributed by atoms with Crippen molar-refractivity contribution in [2.75, 3.05) is 24.5 Å². The Morgan fingerprint density at radius 1 is 0.929 bits per heavy atom. The normalized spacial score (nSPS) is 16.2. The number of pyridine rings is 1. The fourth-order valence-electron chi connectivity index (χ4n) is 5.80. The molecule has 1 amide bonds. The van der Waals surface area contributed by atoms with E-state index in [4.69, 9.17) is 5.73 Å². The Morgan fingerprint density at radius 2 is 1.79 bits per heavy atom. The van der Waals surface area contributed by atoms with Crippen molar-refractivity contribution in [1.82, 2.24) is 24.9 Å². The first-order chi connectivity index (χ1) is 20.5. The molecule has 3 heterocycles. The number of rotatable bonds is 9. The zero-order valence-electron chi connectivity index (χ0n) is 23.8. The summed E-state index contributed by atoms with van der Waals surface area (Å²) in [6.07, 6.45) is 3.90. The van der Waals surface area contributed by atoms with Crippen LogP contribution in [-0.4, -0.2) is 68.3 Å². The smallest absolute Gasteiger partial charge is 0.240 e. The molecule has 1 aliphatic heterocycles. The highest BCUT2D eigenvalue weighted by molar-refractivity contribution is 5.92. The summed E-state index contributed by atoms with van der Waals surface area (Å²) in [5.41, 5.74) is 12.3. The summed E-state index contributed by atoms with van der Waals surface area (Å²) in [6.45, 7) is 1.48. The lowest BCUT2D eigenvalue weighted by atomic mass is 9.97. The number of aromatic nitrogens is 4. The van der Waals surface area contributed by atoms with Crippen LogP contribution in [0, 0.1) is 0 Å². The third-order valence-corrected chi connectivity index (χ3v) is 8.23. The lowest BCUT2D eigenvalue weighted by Crippen LogP contribution is -2.61. The second-order valence-corrected chi connectivity index (χ2v) is 11.0. The van der Waals surface area contributed by atoms with Gasteiger partial charge in [-0.2, -0.15) is 0 Å². The number of anilines is 1. The molecule has 2 aromatic heterocycles. The number of hydrogen-bond acceptors (Lipinski definition) is 7. The van der Waals surface area contributed by atoms with Crippen molar-refractivity contribution in [1.29, 1.82) is 0 Å². The molecule has 9 nitrogen and oxygen atoms in total. The molecule has 2 atom stereocenters. The van der Waals surface area contributed by atoms with Gasteiger partial charge in [0, 0.05) is 50.4 Å². The van der Waals surface area contributed by atoms with E-state index in [9.17, 15) is 9.59 Å². The van der Waals surface area contributed by atoms with Crippen LogP contribution in [-0.2, 0) is 29.5 Å². The SMILES string of the molecule is Cn1nnc2cc(CCC(=O)[C@@H]3CN(c4ccc5ncccc5c4)CCN3C(=O)[C@H](N)CCc3ccccc3)ccc21. The van der Waals surface area contributed by atoms with Gasteiger partial charge >= 0.3 is 0 Å². The maximum atomic E-state index is 13.8. The second-order valence-electron chi connectivity index (χ2n) is 11.0. The van der Waals surface area contributed by atoms with Gasteiger partial charge in [0.15, 0.2) is 5.78 Å². The molecule has 3 aromatic carbocycles. The molecule has 6 rings (SSSR count). The molecule has 0 unspecified atom stereocenters. The fraction of sp³-hybridized carbons (Fsp3) is 0.303. The summed E-state index contributed by atoms with van der Waals surface area (Å²) in [4.78, 5) is 35.9. The van der Waals surface area contributed by atoms with Crippen LogP contribution in [0.5, 0.6) is 0 Å². The van der Waals surface area contributed by atoms with E-state index in [1.807, 2.05) is 79.8 Å². The summed E-state index contributed by atoms with van der Waals surface area (Å²) in [5, 5.41) is 9.32. The summed E-state index contributed by atoms with van der Waals surface area (Å²) in [5.74, 6) is -0.127. The van der Waals surface area contributed by atoms with Gasteiger partial charge in [-0.3, -0.25) is 14.6 Å². The summed E-state index contributed by atoms with van der Waals surface area (Å²) in [6, 6.07) is 24.8. The van der Waals surface area contributed by atoms with Crippen LogP contribution >= 0.6 is 0 Å². The zero-order valence-corrected chi connectivity index (χ0v) is 23.8. The summed E-state index contributed by atoms with van der Waals surface area (Å²) in [7, 11) is 1.86. The number of hydrogen-bond donors (Lipinski definition) is 1. The number of aryl methyl sites for hydroxylation is 3. The van der Waals surface area contributed by atoms with Crippen LogP contribution in [0.3, 0.4) is 0 Å². The number of nitrogens with two attached hydrogens (primary N) is 1. The zero-order chi connectivity index (χ0) is 29.1. The highest BCUT2D eigenvalue weighted by Crippen LogP contribution is 2.25. The minimum Gasteiger partial charge on any atom is -0.367 e. The molecule has 9 heteroatoms. The van der Waals surface area contributed by atoms with Crippen LogP contribution < -0.4 is 10.6 Å². The van der Waals surface area contributed by atoms with E-state index in [0.717, 1.165) is 38.8 Å². The third kappa shape index (κ3) is 5.87. The number of fused-ring (bicyclic) bond motifs is 2. The van der Waals surface area contributed by atoms with Crippen molar-refractivity contribution in [3.8, 4) is 0 Å². The Labute approximate surface area is 244 Å². The number of carbonyl (C=O) groups excluding carboxylic acids is 2. The van der Waals surface area contributed by atoms with Gasteiger partial charge in [0.05, 0.1) is 17.1 Å². The maximum Gasteiger partial charge on any atom is 0.240 e. The Balaban J connectivity index is 1.20. The number of Topliss-reactive ketones (excluding diaryl/α,β-unsaturated/α-hetero) is 1. The van der Waals surface area contributed by atoms with Gasteiger partial charge in [-0.1, -0.05) is 47.7 Å². The van der Waals surface area contributed by atoms with Gasteiger partial charge in [-0.15, -0.1) is 5.10 Å². The first-order valence-electron chi connectivity index (χ1n) is 14.5. The van der Waals surface area contributed by atoms with Gasteiger partial charge in [-0.05, 0) is 66.8 Å². The lowest BCUT2D eigenvalue weighted by molar-refractivity contribution is -0.141. The minimum atomic E-state index is -0.669. The Morgan fingerprint density at radius 3 is 2.64 bits per heavy atom. The van der Waals surface area contributed by atoms with E-state index < -0.39 is 12.1 Å². The van der Waals surface area contributed by atoms with E-state index >= 15 is 0 Å². The molecule has 0 spiro atoms. The predicted molar refractivity (Wildman–Crippen MR) is 164 cm³/mol. The van der Waals surface area contributed by atoms with Crippen molar-refractivity contribution in [2.24, 2.45) is 12.8 Å². The van der Waals surface area contributed by atoms with Crippen molar-refractivity contribution in [3.63, 3.8) is 0 Å². The number of amides is 1. The van der Waals surface area contributed by atoms with E-state index in [2.05, 4.69) is 26.3 Å². The Bertz CT molecular complexity index is 1720. The number of benzene rings is 3. The predicted octanol–water partition coefficient (Wildman–Crippen LogP) is 3.70. The van der Waals surface area contributed by atoms with E-state index in [1.165, 1.54) is 0 Å². The summed E-state index contributed by atoms with van der Waals surface area (Å²) >= 11 is 0. The molecule has 5 aromatic rings. The topological polar surface area (TPSA) is 110 Å². The average Bonchev–Trinajstić information content (AvgIpc) is 3.41. The average molecular weight is 562 g/mol. The van der Waals surface area contributed by atoms with Gasteiger partial charge in [0.2, 0.25) is 5.91 Å². The molecule has 214 valence electrons. The molecule has 1 aliphatic rings. The third-order valence-electron chi connectivity index (χ3n) is 8.23.